The highest BCUT2D eigenvalue weighted by Crippen LogP contribution is 2.37. The van der Waals surface area contributed by atoms with Crippen LogP contribution in [-0.2, 0) is 4.79 Å². The van der Waals surface area contributed by atoms with E-state index in [1.54, 1.807) is 30.3 Å². The standard InChI is InChI=1S/C18H18BrClN2O5/c1-24-15-6-11(7-16(25-2)18(15)26-3)9-21-22-17(23)10-27-14-5-4-12(20)8-13(14)19/h4-9H,10H2,1-3H3,(H,22,23)/b21-9+. The van der Waals surface area contributed by atoms with E-state index in [-0.39, 0.29) is 6.61 Å². The molecule has 1 amide bonds. The fraction of sp³-hybridized carbons (Fsp3) is 0.222. The summed E-state index contributed by atoms with van der Waals surface area (Å²) in [5.74, 6) is 1.54. The lowest BCUT2D eigenvalue weighted by molar-refractivity contribution is -0.123. The number of benzene rings is 2. The molecule has 144 valence electrons. The Bertz CT molecular complexity index is 819. The van der Waals surface area contributed by atoms with Crippen LogP contribution in [0, 0.1) is 0 Å². The van der Waals surface area contributed by atoms with Gasteiger partial charge < -0.3 is 18.9 Å². The number of nitrogens with zero attached hydrogens (tertiary/aromatic N) is 1. The second kappa shape index (κ2) is 10.0. The van der Waals surface area contributed by atoms with Crippen molar-refractivity contribution in [2.24, 2.45) is 5.10 Å². The molecule has 0 unspecified atom stereocenters. The normalized spacial score (nSPS) is 10.6. The van der Waals surface area contributed by atoms with E-state index in [1.165, 1.54) is 27.5 Å². The van der Waals surface area contributed by atoms with E-state index < -0.39 is 5.91 Å². The summed E-state index contributed by atoms with van der Waals surface area (Å²) in [6.45, 7) is -0.202. The zero-order chi connectivity index (χ0) is 19.8. The van der Waals surface area contributed by atoms with Crippen LogP contribution in [0.1, 0.15) is 5.56 Å². The van der Waals surface area contributed by atoms with Crippen LogP contribution in [0.25, 0.3) is 0 Å². The van der Waals surface area contributed by atoms with Crippen molar-refractivity contribution in [1.82, 2.24) is 5.43 Å². The average Bonchev–Trinajstić information content (AvgIpc) is 2.66. The number of nitrogens with one attached hydrogen (secondary N) is 1. The van der Waals surface area contributed by atoms with Crippen molar-refractivity contribution in [3.63, 3.8) is 0 Å². The lowest BCUT2D eigenvalue weighted by atomic mass is 10.2. The van der Waals surface area contributed by atoms with Crippen LogP contribution in [0.5, 0.6) is 23.0 Å². The molecule has 0 saturated heterocycles. The molecule has 0 heterocycles. The molecule has 27 heavy (non-hydrogen) atoms. The SMILES string of the molecule is COc1cc(/C=N/NC(=O)COc2ccc(Cl)cc2Br)cc(OC)c1OC. The molecular formula is C18H18BrClN2O5. The number of hydrogen-bond acceptors (Lipinski definition) is 6. The van der Waals surface area contributed by atoms with Gasteiger partial charge in [-0.05, 0) is 46.3 Å². The third-order valence-corrected chi connectivity index (χ3v) is 4.20. The largest absolute Gasteiger partial charge is 0.493 e. The molecule has 0 radical (unpaired) electrons. The van der Waals surface area contributed by atoms with Gasteiger partial charge in [0.15, 0.2) is 18.1 Å². The van der Waals surface area contributed by atoms with Gasteiger partial charge in [0.25, 0.3) is 5.91 Å². The van der Waals surface area contributed by atoms with Gasteiger partial charge in [-0.1, -0.05) is 11.6 Å². The Hall–Kier alpha value is -2.45. The molecule has 2 rings (SSSR count). The highest BCUT2D eigenvalue weighted by molar-refractivity contribution is 9.10. The van der Waals surface area contributed by atoms with Gasteiger partial charge in [-0.25, -0.2) is 5.43 Å². The third kappa shape index (κ3) is 5.77. The molecule has 0 spiro atoms. The number of carbonyl (C=O) groups excluding carboxylic acids is 1. The Morgan fingerprint density at radius 3 is 2.33 bits per heavy atom. The number of halogens is 2. The van der Waals surface area contributed by atoms with Crippen LogP contribution in [0.4, 0.5) is 0 Å². The molecule has 0 aliphatic carbocycles. The van der Waals surface area contributed by atoms with Crippen LogP contribution >= 0.6 is 27.5 Å². The summed E-state index contributed by atoms with van der Waals surface area (Å²) in [6.07, 6.45) is 1.46. The highest BCUT2D eigenvalue weighted by atomic mass is 79.9. The minimum atomic E-state index is -0.416. The molecule has 0 atom stereocenters. The molecule has 0 saturated carbocycles. The minimum Gasteiger partial charge on any atom is -0.493 e. The van der Waals surface area contributed by atoms with E-state index in [4.69, 9.17) is 30.5 Å². The second-order valence-electron chi connectivity index (χ2n) is 5.12. The van der Waals surface area contributed by atoms with E-state index in [1.807, 2.05) is 0 Å². The van der Waals surface area contributed by atoms with Gasteiger partial charge in [0.2, 0.25) is 5.75 Å². The van der Waals surface area contributed by atoms with Crippen molar-refractivity contribution in [3.8, 4) is 23.0 Å². The average molecular weight is 458 g/mol. The second-order valence-corrected chi connectivity index (χ2v) is 6.41. The quantitative estimate of drug-likeness (QED) is 0.483. The maximum absolute atomic E-state index is 11.9. The molecule has 0 aromatic heterocycles. The number of methoxy groups -OCH3 is 3. The summed E-state index contributed by atoms with van der Waals surface area (Å²) in [6, 6.07) is 8.43. The topological polar surface area (TPSA) is 78.4 Å². The predicted octanol–water partition coefficient (Wildman–Crippen LogP) is 3.66. The molecule has 2 aromatic carbocycles. The maximum Gasteiger partial charge on any atom is 0.277 e. The number of ether oxygens (including phenoxy) is 4. The van der Waals surface area contributed by atoms with Crippen molar-refractivity contribution in [3.05, 3.63) is 45.4 Å². The first-order valence-electron chi connectivity index (χ1n) is 7.68. The lowest BCUT2D eigenvalue weighted by Gasteiger charge is -2.12. The number of rotatable bonds is 8. The van der Waals surface area contributed by atoms with E-state index in [0.29, 0.717) is 38.1 Å². The summed E-state index contributed by atoms with van der Waals surface area (Å²) in [5, 5.41) is 4.47. The number of carbonyl (C=O) groups is 1. The molecule has 0 bridgehead atoms. The summed E-state index contributed by atoms with van der Waals surface area (Å²) >= 11 is 9.17. The Kier molecular flexibility index (Phi) is 7.75. The Morgan fingerprint density at radius 2 is 1.78 bits per heavy atom. The van der Waals surface area contributed by atoms with Gasteiger partial charge in [-0.3, -0.25) is 4.79 Å². The van der Waals surface area contributed by atoms with Crippen LogP contribution < -0.4 is 24.4 Å². The van der Waals surface area contributed by atoms with Gasteiger partial charge in [-0.2, -0.15) is 5.10 Å². The van der Waals surface area contributed by atoms with Gasteiger partial charge in [-0.15, -0.1) is 0 Å². The molecule has 2 aromatic rings. The monoisotopic (exact) mass is 456 g/mol. The molecule has 7 nitrogen and oxygen atoms in total. The highest BCUT2D eigenvalue weighted by Gasteiger charge is 2.12. The number of amides is 1. The van der Waals surface area contributed by atoms with Crippen molar-refractivity contribution in [2.45, 2.75) is 0 Å². The fourth-order valence-corrected chi connectivity index (χ4v) is 2.92. The zero-order valence-corrected chi connectivity index (χ0v) is 17.3. The smallest absolute Gasteiger partial charge is 0.277 e. The first-order chi connectivity index (χ1) is 13.0. The van der Waals surface area contributed by atoms with Gasteiger partial charge in [0.05, 0.1) is 32.0 Å². The Labute approximate surface area is 170 Å². The summed E-state index contributed by atoms with van der Waals surface area (Å²) in [4.78, 5) is 11.9. The lowest BCUT2D eigenvalue weighted by Crippen LogP contribution is -2.24. The Balaban J connectivity index is 1.97. The molecule has 0 aliphatic rings. The Morgan fingerprint density at radius 1 is 1.11 bits per heavy atom. The fourth-order valence-electron chi connectivity index (χ4n) is 2.12. The van der Waals surface area contributed by atoms with Gasteiger partial charge in [0, 0.05) is 10.6 Å². The summed E-state index contributed by atoms with van der Waals surface area (Å²) in [7, 11) is 4.56. The van der Waals surface area contributed by atoms with E-state index in [9.17, 15) is 4.79 Å². The van der Waals surface area contributed by atoms with E-state index in [0.717, 1.165) is 0 Å². The zero-order valence-electron chi connectivity index (χ0n) is 14.9. The van der Waals surface area contributed by atoms with Crippen molar-refractivity contribution in [1.29, 1.82) is 0 Å². The van der Waals surface area contributed by atoms with Gasteiger partial charge in [0.1, 0.15) is 5.75 Å². The van der Waals surface area contributed by atoms with Gasteiger partial charge >= 0.3 is 0 Å². The van der Waals surface area contributed by atoms with Crippen LogP contribution in [0.15, 0.2) is 39.9 Å². The third-order valence-electron chi connectivity index (χ3n) is 3.34. The number of hydrogen-bond donors (Lipinski definition) is 1. The van der Waals surface area contributed by atoms with Crippen molar-refractivity contribution >= 4 is 39.7 Å². The molecular weight excluding hydrogens is 440 g/mol. The van der Waals surface area contributed by atoms with E-state index >= 15 is 0 Å². The molecule has 0 fully saturated rings. The summed E-state index contributed by atoms with van der Waals surface area (Å²) < 4.78 is 21.9. The van der Waals surface area contributed by atoms with Crippen molar-refractivity contribution in [2.75, 3.05) is 27.9 Å². The molecule has 9 heteroatoms. The predicted molar refractivity (Wildman–Crippen MR) is 106 cm³/mol. The molecule has 1 N–H and O–H groups in total. The minimum absolute atomic E-state index is 0.202. The van der Waals surface area contributed by atoms with Crippen molar-refractivity contribution < 1.29 is 23.7 Å². The van der Waals surface area contributed by atoms with Crippen LogP contribution in [0.2, 0.25) is 5.02 Å². The number of hydrazone groups is 1. The first-order valence-corrected chi connectivity index (χ1v) is 8.85. The van der Waals surface area contributed by atoms with Crippen LogP contribution in [-0.4, -0.2) is 40.1 Å². The van der Waals surface area contributed by atoms with E-state index in [2.05, 4.69) is 26.5 Å². The summed E-state index contributed by atoms with van der Waals surface area (Å²) in [5.41, 5.74) is 3.05. The first kappa shape index (κ1) is 20.9. The maximum atomic E-state index is 11.9. The molecule has 0 aliphatic heterocycles. The van der Waals surface area contributed by atoms with Crippen LogP contribution in [0.3, 0.4) is 0 Å².